The summed E-state index contributed by atoms with van der Waals surface area (Å²) in [5.41, 5.74) is 2.83. The number of nitrogens with zero attached hydrogens (tertiary/aromatic N) is 1. The van der Waals surface area contributed by atoms with E-state index in [0.29, 0.717) is 17.9 Å². The van der Waals surface area contributed by atoms with Gasteiger partial charge in [-0.25, -0.2) is 4.98 Å². The molecule has 0 amide bonds. The lowest BCUT2D eigenvalue weighted by atomic mass is 10.2. The van der Waals surface area contributed by atoms with E-state index in [1.807, 2.05) is 30.5 Å². The summed E-state index contributed by atoms with van der Waals surface area (Å²) in [7, 11) is 1.39. The summed E-state index contributed by atoms with van der Waals surface area (Å²) in [6.45, 7) is 2.01. The Morgan fingerprint density at radius 1 is 1.50 bits per heavy atom. The lowest BCUT2D eigenvalue weighted by molar-refractivity contribution is -0.140. The molecule has 0 aliphatic carbocycles. The van der Waals surface area contributed by atoms with Crippen molar-refractivity contribution < 1.29 is 9.53 Å². The van der Waals surface area contributed by atoms with Crippen LogP contribution >= 0.6 is 22.9 Å². The third-order valence-electron chi connectivity index (χ3n) is 2.73. The Morgan fingerprint density at radius 2 is 2.30 bits per heavy atom. The zero-order valence-electron chi connectivity index (χ0n) is 11.3. The summed E-state index contributed by atoms with van der Waals surface area (Å²) in [4.78, 5) is 15.5. The quantitative estimate of drug-likeness (QED) is 0.849. The van der Waals surface area contributed by atoms with Crippen molar-refractivity contribution in [2.75, 3.05) is 12.4 Å². The topological polar surface area (TPSA) is 51.2 Å². The first-order valence-electron chi connectivity index (χ1n) is 6.13. The zero-order chi connectivity index (χ0) is 14.5. The predicted molar refractivity (Wildman–Crippen MR) is 81.9 cm³/mol. The number of rotatable bonds is 5. The number of carbonyl (C=O) groups is 1. The molecule has 2 rings (SSSR count). The second kappa shape index (κ2) is 6.72. The third kappa shape index (κ3) is 3.95. The number of methoxy groups -OCH3 is 1. The van der Waals surface area contributed by atoms with Gasteiger partial charge >= 0.3 is 5.97 Å². The summed E-state index contributed by atoms with van der Waals surface area (Å²) < 4.78 is 4.61. The fourth-order valence-corrected chi connectivity index (χ4v) is 2.58. The van der Waals surface area contributed by atoms with Gasteiger partial charge in [0.1, 0.15) is 0 Å². The number of halogens is 1. The number of hydrogen-bond acceptors (Lipinski definition) is 5. The van der Waals surface area contributed by atoms with Crippen LogP contribution in [0.1, 0.15) is 17.7 Å². The number of thiazole rings is 1. The standard InChI is InChI=1S/C14H15ClN2O2S/c1-9-3-5-11(15)12(7-9)17-14-16-10(8-20-14)4-6-13(18)19-2/h3,5,7-8H,4,6H2,1-2H3,(H,16,17). The van der Waals surface area contributed by atoms with Crippen LogP contribution in [-0.4, -0.2) is 18.1 Å². The molecule has 0 bridgehead atoms. The number of aromatic nitrogens is 1. The van der Waals surface area contributed by atoms with Crippen LogP contribution in [0.25, 0.3) is 0 Å². The predicted octanol–water partition coefficient (Wildman–Crippen LogP) is 3.95. The van der Waals surface area contributed by atoms with Crippen molar-refractivity contribution in [2.24, 2.45) is 0 Å². The number of ether oxygens (including phenoxy) is 1. The van der Waals surface area contributed by atoms with Gasteiger partial charge in [0, 0.05) is 11.8 Å². The molecule has 1 aromatic carbocycles. The highest BCUT2D eigenvalue weighted by Gasteiger charge is 2.07. The van der Waals surface area contributed by atoms with Gasteiger partial charge in [0.15, 0.2) is 5.13 Å². The second-order valence-corrected chi connectivity index (χ2v) is 5.59. The number of carbonyl (C=O) groups excluding carboxylic acids is 1. The molecule has 4 nitrogen and oxygen atoms in total. The van der Waals surface area contributed by atoms with Crippen molar-refractivity contribution >= 4 is 39.7 Å². The van der Waals surface area contributed by atoms with Crippen molar-refractivity contribution in [1.29, 1.82) is 0 Å². The Morgan fingerprint density at radius 3 is 3.05 bits per heavy atom. The van der Waals surface area contributed by atoms with Crippen molar-refractivity contribution in [3.8, 4) is 0 Å². The van der Waals surface area contributed by atoms with Gasteiger partial charge in [0.05, 0.1) is 29.9 Å². The summed E-state index contributed by atoms with van der Waals surface area (Å²) >= 11 is 7.61. The highest BCUT2D eigenvalue weighted by Crippen LogP contribution is 2.28. The van der Waals surface area contributed by atoms with Gasteiger partial charge in [-0.2, -0.15) is 0 Å². The Labute approximate surface area is 126 Å². The van der Waals surface area contributed by atoms with Crippen LogP contribution in [0.2, 0.25) is 5.02 Å². The van der Waals surface area contributed by atoms with Crippen LogP contribution in [0.4, 0.5) is 10.8 Å². The molecule has 0 spiro atoms. The maximum atomic E-state index is 11.1. The average Bonchev–Trinajstić information content (AvgIpc) is 2.88. The number of esters is 1. The molecular weight excluding hydrogens is 296 g/mol. The molecule has 1 aromatic heterocycles. The minimum Gasteiger partial charge on any atom is -0.469 e. The van der Waals surface area contributed by atoms with Crippen LogP contribution in [-0.2, 0) is 16.0 Å². The number of anilines is 2. The minimum atomic E-state index is -0.228. The van der Waals surface area contributed by atoms with Gasteiger partial charge in [-0.15, -0.1) is 11.3 Å². The van der Waals surface area contributed by atoms with E-state index < -0.39 is 0 Å². The minimum absolute atomic E-state index is 0.228. The summed E-state index contributed by atoms with van der Waals surface area (Å²) in [6.07, 6.45) is 0.914. The molecule has 1 N–H and O–H groups in total. The SMILES string of the molecule is COC(=O)CCc1csc(Nc2cc(C)ccc2Cl)n1. The van der Waals surface area contributed by atoms with Gasteiger partial charge in [-0.1, -0.05) is 17.7 Å². The van der Waals surface area contributed by atoms with E-state index >= 15 is 0 Å². The van der Waals surface area contributed by atoms with E-state index in [0.717, 1.165) is 22.1 Å². The Bertz CT molecular complexity index is 613. The second-order valence-electron chi connectivity index (χ2n) is 4.33. The zero-order valence-corrected chi connectivity index (χ0v) is 12.8. The number of hydrogen-bond donors (Lipinski definition) is 1. The Balaban J connectivity index is 2.02. The maximum absolute atomic E-state index is 11.1. The molecule has 1 heterocycles. The van der Waals surface area contributed by atoms with E-state index in [2.05, 4.69) is 15.0 Å². The van der Waals surface area contributed by atoms with Gasteiger partial charge in [-0.05, 0) is 24.6 Å². The van der Waals surface area contributed by atoms with Gasteiger partial charge < -0.3 is 10.1 Å². The van der Waals surface area contributed by atoms with E-state index in [1.54, 1.807) is 0 Å². The first-order chi connectivity index (χ1) is 9.58. The fraction of sp³-hybridized carbons (Fsp3) is 0.286. The molecule has 0 saturated heterocycles. The average molecular weight is 311 g/mol. The summed E-state index contributed by atoms with van der Waals surface area (Å²) in [5.74, 6) is -0.228. The van der Waals surface area contributed by atoms with Crippen LogP contribution in [0.5, 0.6) is 0 Å². The van der Waals surface area contributed by atoms with Crippen molar-refractivity contribution in [3.63, 3.8) is 0 Å². The molecule has 6 heteroatoms. The molecule has 0 aliphatic rings. The molecule has 0 atom stereocenters. The first-order valence-corrected chi connectivity index (χ1v) is 7.38. The van der Waals surface area contributed by atoms with E-state index in [-0.39, 0.29) is 5.97 Å². The number of aryl methyl sites for hydroxylation is 2. The van der Waals surface area contributed by atoms with E-state index in [4.69, 9.17) is 11.6 Å². The molecular formula is C14H15ClN2O2S. The van der Waals surface area contributed by atoms with Crippen molar-refractivity contribution in [2.45, 2.75) is 19.8 Å². The summed E-state index contributed by atoms with van der Waals surface area (Å²) in [5, 5.41) is 6.54. The largest absolute Gasteiger partial charge is 0.469 e. The molecule has 2 aromatic rings. The monoisotopic (exact) mass is 310 g/mol. The third-order valence-corrected chi connectivity index (χ3v) is 3.86. The molecule has 106 valence electrons. The van der Waals surface area contributed by atoms with Crippen LogP contribution in [0.3, 0.4) is 0 Å². The smallest absolute Gasteiger partial charge is 0.305 e. The van der Waals surface area contributed by atoms with Crippen LogP contribution in [0.15, 0.2) is 23.6 Å². The maximum Gasteiger partial charge on any atom is 0.305 e. The normalized spacial score (nSPS) is 10.3. The van der Waals surface area contributed by atoms with Crippen molar-refractivity contribution in [1.82, 2.24) is 4.98 Å². The molecule has 0 saturated carbocycles. The molecule has 0 unspecified atom stereocenters. The first kappa shape index (κ1) is 14.8. The fourth-order valence-electron chi connectivity index (χ4n) is 1.66. The Hall–Kier alpha value is -1.59. The van der Waals surface area contributed by atoms with Gasteiger partial charge in [0.25, 0.3) is 0 Å². The lowest BCUT2D eigenvalue weighted by Crippen LogP contribution is -2.02. The molecule has 0 radical (unpaired) electrons. The molecule has 20 heavy (non-hydrogen) atoms. The Kier molecular flexibility index (Phi) is 4.98. The molecule has 0 aliphatic heterocycles. The highest BCUT2D eigenvalue weighted by atomic mass is 35.5. The number of benzene rings is 1. The van der Waals surface area contributed by atoms with Gasteiger partial charge in [0.2, 0.25) is 0 Å². The lowest BCUT2D eigenvalue weighted by Gasteiger charge is -2.06. The van der Waals surface area contributed by atoms with Gasteiger partial charge in [-0.3, -0.25) is 4.79 Å². The molecule has 0 fully saturated rings. The van der Waals surface area contributed by atoms with E-state index in [1.165, 1.54) is 18.4 Å². The van der Waals surface area contributed by atoms with Crippen molar-refractivity contribution in [3.05, 3.63) is 39.9 Å². The number of nitrogens with one attached hydrogen (secondary N) is 1. The summed E-state index contributed by atoms with van der Waals surface area (Å²) in [6, 6.07) is 5.78. The highest BCUT2D eigenvalue weighted by molar-refractivity contribution is 7.13. The van der Waals surface area contributed by atoms with E-state index in [9.17, 15) is 4.79 Å². The van der Waals surface area contributed by atoms with Crippen LogP contribution < -0.4 is 5.32 Å². The van der Waals surface area contributed by atoms with Crippen LogP contribution in [0, 0.1) is 6.92 Å².